The lowest BCUT2D eigenvalue weighted by Crippen LogP contribution is -2.46. The third kappa shape index (κ3) is 11.1. The molecular weight excluding hydrogens is 562 g/mol. The normalized spacial score (nSPS) is 14.7. The molecule has 1 heterocycles. The van der Waals surface area contributed by atoms with E-state index in [1.165, 1.54) is 44.1 Å². The first-order valence-corrected chi connectivity index (χ1v) is 16.7. The van der Waals surface area contributed by atoms with Crippen LogP contribution in [0.1, 0.15) is 63.9 Å². The zero-order valence-electron chi connectivity index (χ0n) is 27.9. The van der Waals surface area contributed by atoms with Crippen LogP contribution in [0.15, 0.2) is 72.8 Å². The van der Waals surface area contributed by atoms with Crippen LogP contribution in [0.5, 0.6) is 11.5 Å². The number of anilines is 1. The summed E-state index contributed by atoms with van der Waals surface area (Å²) in [7, 11) is 5.57. The number of likely N-dealkylation sites (N-methyl/N-ethyl adjacent to an activating group) is 1. The van der Waals surface area contributed by atoms with Gasteiger partial charge >= 0.3 is 6.09 Å². The Morgan fingerprint density at radius 3 is 2.22 bits per heavy atom. The van der Waals surface area contributed by atoms with Gasteiger partial charge in [-0.25, -0.2) is 4.79 Å². The van der Waals surface area contributed by atoms with E-state index in [2.05, 4.69) is 41.2 Å². The largest absolute Gasteiger partial charge is 0.493 e. The summed E-state index contributed by atoms with van der Waals surface area (Å²) in [5.41, 5.74) is 3.67. The number of nitrogens with zero attached hydrogens (tertiary/aromatic N) is 2. The van der Waals surface area contributed by atoms with Crippen LogP contribution in [-0.2, 0) is 11.2 Å². The first-order chi connectivity index (χ1) is 21.9. The van der Waals surface area contributed by atoms with Gasteiger partial charge in [0.2, 0.25) is 0 Å². The van der Waals surface area contributed by atoms with Gasteiger partial charge in [-0.3, -0.25) is 5.32 Å². The van der Waals surface area contributed by atoms with Crippen molar-refractivity contribution in [3.8, 4) is 22.6 Å². The van der Waals surface area contributed by atoms with Crippen molar-refractivity contribution in [3.63, 3.8) is 0 Å². The maximum atomic E-state index is 12.9. The van der Waals surface area contributed by atoms with Gasteiger partial charge in [0.05, 0.1) is 19.9 Å². The summed E-state index contributed by atoms with van der Waals surface area (Å²) in [4.78, 5) is 17.8. The first-order valence-electron chi connectivity index (χ1n) is 16.7. The van der Waals surface area contributed by atoms with Crippen molar-refractivity contribution in [1.29, 1.82) is 0 Å². The molecular formula is C38H53N3O4. The minimum Gasteiger partial charge on any atom is -0.493 e. The minimum absolute atomic E-state index is 0.376. The highest BCUT2D eigenvalue weighted by atomic mass is 16.6. The molecule has 0 atom stereocenters. The Kier molecular flexibility index (Phi) is 13.6. The molecule has 1 aliphatic rings. The Balaban J connectivity index is 1.04. The summed E-state index contributed by atoms with van der Waals surface area (Å²) in [6, 6.07) is 24.2. The third-order valence-corrected chi connectivity index (χ3v) is 9.00. The average Bonchev–Trinajstić information content (AvgIpc) is 3.06. The summed E-state index contributed by atoms with van der Waals surface area (Å²) in [5.74, 6) is 1.58. The number of ether oxygens (including phenoxy) is 3. The van der Waals surface area contributed by atoms with Crippen molar-refractivity contribution >= 4 is 11.8 Å². The molecule has 1 fully saturated rings. The lowest BCUT2D eigenvalue weighted by Gasteiger charge is -2.38. The molecule has 1 N–H and O–H groups in total. The van der Waals surface area contributed by atoms with E-state index >= 15 is 0 Å². The number of amides is 1. The van der Waals surface area contributed by atoms with Gasteiger partial charge in [0.15, 0.2) is 11.5 Å². The second-order valence-electron chi connectivity index (χ2n) is 12.6. The van der Waals surface area contributed by atoms with Gasteiger partial charge in [-0.15, -0.1) is 0 Å². The van der Waals surface area contributed by atoms with Crippen molar-refractivity contribution in [3.05, 3.63) is 78.4 Å². The number of methoxy groups -OCH3 is 2. The van der Waals surface area contributed by atoms with E-state index in [4.69, 9.17) is 14.2 Å². The highest BCUT2D eigenvalue weighted by molar-refractivity contribution is 5.91. The molecule has 3 aromatic carbocycles. The number of para-hydroxylation sites is 1. The van der Waals surface area contributed by atoms with Crippen LogP contribution in [0, 0.1) is 0 Å². The van der Waals surface area contributed by atoms with E-state index in [9.17, 15) is 4.79 Å². The van der Waals surface area contributed by atoms with E-state index in [1.807, 2.05) is 60.7 Å². The predicted octanol–water partition coefficient (Wildman–Crippen LogP) is 8.29. The number of nitrogens with one attached hydrogen (secondary N) is 1. The summed E-state index contributed by atoms with van der Waals surface area (Å²) in [6.07, 6.45) is 10.0. The molecule has 1 saturated heterocycles. The van der Waals surface area contributed by atoms with E-state index in [-0.39, 0.29) is 6.09 Å². The van der Waals surface area contributed by atoms with Crippen molar-refractivity contribution in [2.24, 2.45) is 0 Å². The number of rotatable bonds is 17. The molecule has 0 saturated carbocycles. The molecule has 4 rings (SSSR count). The molecule has 1 amide bonds. The molecule has 45 heavy (non-hydrogen) atoms. The van der Waals surface area contributed by atoms with Crippen LogP contribution >= 0.6 is 0 Å². The van der Waals surface area contributed by atoms with Crippen LogP contribution < -0.4 is 14.8 Å². The molecule has 7 nitrogen and oxygen atoms in total. The van der Waals surface area contributed by atoms with Crippen LogP contribution in [0.25, 0.3) is 11.1 Å². The Labute approximate surface area is 270 Å². The number of unbranched alkanes of at least 4 members (excludes halogenated alkanes) is 5. The van der Waals surface area contributed by atoms with Crippen molar-refractivity contribution in [2.45, 2.75) is 70.3 Å². The van der Waals surface area contributed by atoms with Gasteiger partial charge < -0.3 is 24.0 Å². The highest BCUT2D eigenvalue weighted by Crippen LogP contribution is 2.30. The number of piperidine rings is 1. The SMILES string of the molecule is COc1ccc(CCN(C)CCCCCCCCN2CCC(C)(OC(=O)Nc3ccccc3-c3ccccc3)CC2)cc1OC. The molecule has 3 aromatic rings. The molecule has 7 heteroatoms. The number of hydrogen-bond donors (Lipinski definition) is 1. The monoisotopic (exact) mass is 615 g/mol. The molecule has 0 aliphatic carbocycles. The smallest absolute Gasteiger partial charge is 0.412 e. The first kappa shape index (κ1) is 34.3. The van der Waals surface area contributed by atoms with E-state index < -0.39 is 5.60 Å². The standard InChI is InChI=1S/C38H53N3O4/c1-38(45-37(42)39-34-19-13-12-18-33(34)32-16-10-9-11-17-32)23-28-41(29-24-38)26-15-8-6-5-7-14-25-40(2)27-22-31-20-21-35(43-3)36(30-31)44-4/h9-13,16-21,30H,5-8,14-15,22-29H2,1-4H3,(H,39,42). The predicted molar refractivity (Wildman–Crippen MR) is 185 cm³/mol. The molecule has 0 radical (unpaired) electrons. The molecule has 244 valence electrons. The molecule has 0 bridgehead atoms. The van der Waals surface area contributed by atoms with E-state index in [0.717, 1.165) is 80.3 Å². The summed E-state index contributed by atoms with van der Waals surface area (Å²) in [5, 5.41) is 3.00. The highest BCUT2D eigenvalue weighted by Gasteiger charge is 2.33. The summed E-state index contributed by atoms with van der Waals surface area (Å²) in [6.45, 7) is 7.33. The van der Waals surface area contributed by atoms with Gasteiger partial charge in [0.25, 0.3) is 0 Å². The van der Waals surface area contributed by atoms with Crippen LogP contribution in [-0.4, -0.2) is 75.5 Å². The minimum atomic E-state index is -0.434. The zero-order chi connectivity index (χ0) is 31.9. The second-order valence-corrected chi connectivity index (χ2v) is 12.6. The summed E-state index contributed by atoms with van der Waals surface area (Å²) < 4.78 is 16.8. The Morgan fingerprint density at radius 1 is 0.822 bits per heavy atom. The summed E-state index contributed by atoms with van der Waals surface area (Å²) >= 11 is 0. The van der Waals surface area contributed by atoms with Crippen LogP contribution in [0.4, 0.5) is 10.5 Å². The quantitative estimate of drug-likeness (QED) is 0.154. The van der Waals surface area contributed by atoms with Gasteiger partial charge in [0, 0.05) is 25.2 Å². The number of carbonyl (C=O) groups is 1. The Hall–Kier alpha value is -3.55. The van der Waals surface area contributed by atoms with E-state index in [1.54, 1.807) is 14.2 Å². The van der Waals surface area contributed by atoms with Gasteiger partial charge in [-0.05, 0) is 88.5 Å². The van der Waals surface area contributed by atoms with Crippen molar-refractivity contribution in [1.82, 2.24) is 9.80 Å². The van der Waals surface area contributed by atoms with Crippen LogP contribution in [0.3, 0.4) is 0 Å². The van der Waals surface area contributed by atoms with Gasteiger partial charge in [-0.1, -0.05) is 80.3 Å². The average molecular weight is 616 g/mol. The second kappa shape index (κ2) is 17.8. The maximum absolute atomic E-state index is 12.9. The lowest BCUT2D eigenvalue weighted by molar-refractivity contribution is -0.0163. The van der Waals surface area contributed by atoms with Crippen molar-refractivity contribution < 1.29 is 19.0 Å². The third-order valence-electron chi connectivity index (χ3n) is 9.00. The lowest BCUT2D eigenvalue weighted by atomic mass is 9.93. The molecule has 0 aromatic heterocycles. The van der Waals surface area contributed by atoms with Crippen LogP contribution in [0.2, 0.25) is 0 Å². The number of carbonyl (C=O) groups excluding carboxylic acids is 1. The maximum Gasteiger partial charge on any atom is 0.412 e. The fraction of sp³-hybridized carbons (Fsp3) is 0.500. The van der Waals surface area contributed by atoms with Gasteiger partial charge in [-0.2, -0.15) is 0 Å². The zero-order valence-corrected chi connectivity index (χ0v) is 27.9. The fourth-order valence-electron chi connectivity index (χ4n) is 6.06. The Bertz CT molecular complexity index is 1310. The number of likely N-dealkylation sites (tertiary alicyclic amines) is 1. The van der Waals surface area contributed by atoms with Crippen molar-refractivity contribution in [2.75, 3.05) is 59.3 Å². The van der Waals surface area contributed by atoms with Gasteiger partial charge in [0.1, 0.15) is 5.60 Å². The number of benzene rings is 3. The molecule has 0 spiro atoms. The topological polar surface area (TPSA) is 63.3 Å². The fourth-order valence-corrected chi connectivity index (χ4v) is 6.06. The number of hydrogen-bond acceptors (Lipinski definition) is 6. The molecule has 1 aliphatic heterocycles. The Morgan fingerprint density at radius 2 is 1.49 bits per heavy atom. The van der Waals surface area contributed by atoms with E-state index in [0.29, 0.717) is 0 Å². The molecule has 0 unspecified atom stereocenters.